The Morgan fingerprint density at radius 1 is 1.42 bits per heavy atom. The number of carbonyl (C=O) groups excluding carboxylic acids is 2. The fourth-order valence-electron chi connectivity index (χ4n) is 0.983. The minimum absolute atomic E-state index is 0.0194. The van der Waals surface area contributed by atoms with Gasteiger partial charge in [-0.2, -0.15) is 0 Å². The lowest BCUT2D eigenvalue weighted by molar-refractivity contribution is -0.144. The number of rotatable bonds is 5. The molecule has 3 heteroatoms. The van der Waals surface area contributed by atoms with Gasteiger partial charge < -0.3 is 4.74 Å². The van der Waals surface area contributed by atoms with Gasteiger partial charge in [0.05, 0.1) is 7.11 Å². The molecule has 0 aliphatic rings. The van der Waals surface area contributed by atoms with Gasteiger partial charge in [-0.15, -0.1) is 0 Å². The van der Waals surface area contributed by atoms with E-state index in [-0.39, 0.29) is 18.1 Å². The van der Waals surface area contributed by atoms with E-state index in [0.29, 0.717) is 0 Å². The van der Waals surface area contributed by atoms with E-state index in [1.54, 1.807) is 0 Å². The number of carbonyl (C=O) groups is 2. The third-order valence-corrected chi connectivity index (χ3v) is 1.82. The highest BCUT2D eigenvalue weighted by Gasteiger charge is 2.15. The summed E-state index contributed by atoms with van der Waals surface area (Å²) < 4.78 is 4.39. The minimum Gasteiger partial charge on any atom is -0.469 e. The Balaban J connectivity index is 3.78. The van der Waals surface area contributed by atoms with E-state index in [0.717, 1.165) is 12.8 Å². The third kappa shape index (κ3) is 4.11. The second kappa shape index (κ2) is 5.75. The van der Waals surface area contributed by atoms with Crippen molar-refractivity contribution in [3.8, 4) is 0 Å². The molecule has 0 N–H and O–H groups in total. The van der Waals surface area contributed by atoms with Crippen LogP contribution in [0.2, 0.25) is 0 Å². The first-order valence-corrected chi connectivity index (χ1v) is 4.21. The van der Waals surface area contributed by atoms with Crippen molar-refractivity contribution in [1.29, 1.82) is 0 Å². The smallest absolute Gasteiger partial charge is 0.313 e. The van der Waals surface area contributed by atoms with Crippen LogP contribution < -0.4 is 0 Å². The largest absolute Gasteiger partial charge is 0.469 e. The summed E-state index contributed by atoms with van der Waals surface area (Å²) in [5.41, 5.74) is 0. The van der Waals surface area contributed by atoms with Crippen LogP contribution in [0.4, 0.5) is 0 Å². The molecule has 0 aromatic rings. The third-order valence-electron chi connectivity index (χ3n) is 1.82. The van der Waals surface area contributed by atoms with Crippen molar-refractivity contribution in [2.75, 3.05) is 7.11 Å². The van der Waals surface area contributed by atoms with Gasteiger partial charge in [0.2, 0.25) is 0 Å². The maximum atomic E-state index is 11.2. The van der Waals surface area contributed by atoms with Crippen LogP contribution in [0.15, 0.2) is 0 Å². The molecule has 1 unspecified atom stereocenters. The highest BCUT2D eigenvalue weighted by atomic mass is 16.5. The van der Waals surface area contributed by atoms with Crippen LogP contribution in [0.1, 0.15) is 33.1 Å². The van der Waals surface area contributed by atoms with Crippen LogP contribution in [0.25, 0.3) is 0 Å². The number of methoxy groups -OCH3 is 1. The van der Waals surface area contributed by atoms with E-state index in [2.05, 4.69) is 4.74 Å². The molecule has 0 fully saturated rings. The number of esters is 1. The molecule has 0 spiro atoms. The van der Waals surface area contributed by atoms with Gasteiger partial charge in [0.25, 0.3) is 0 Å². The van der Waals surface area contributed by atoms with Crippen molar-refractivity contribution in [3.63, 3.8) is 0 Å². The van der Waals surface area contributed by atoms with Gasteiger partial charge in [-0.3, -0.25) is 9.59 Å². The molecule has 0 aliphatic carbocycles. The second-order valence-electron chi connectivity index (χ2n) is 2.91. The molecule has 0 amide bonds. The summed E-state index contributed by atoms with van der Waals surface area (Å²) in [6.07, 6.45) is 1.72. The predicted molar refractivity (Wildman–Crippen MR) is 45.7 cm³/mol. The molecule has 0 aromatic carbocycles. The highest BCUT2D eigenvalue weighted by Crippen LogP contribution is 2.08. The molecule has 0 radical (unpaired) electrons. The number of ether oxygens (including phenoxy) is 1. The van der Waals surface area contributed by atoms with Gasteiger partial charge in [-0.25, -0.2) is 0 Å². The van der Waals surface area contributed by atoms with Crippen LogP contribution in [-0.2, 0) is 14.3 Å². The lowest BCUT2D eigenvalue weighted by atomic mass is 9.99. The average molecular weight is 172 g/mol. The van der Waals surface area contributed by atoms with Crippen molar-refractivity contribution in [1.82, 2.24) is 0 Å². The quantitative estimate of drug-likeness (QED) is 0.467. The van der Waals surface area contributed by atoms with E-state index < -0.39 is 5.97 Å². The summed E-state index contributed by atoms with van der Waals surface area (Å²) in [7, 11) is 1.29. The normalized spacial score (nSPS) is 12.2. The second-order valence-corrected chi connectivity index (χ2v) is 2.91. The summed E-state index contributed by atoms with van der Waals surface area (Å²) in [5.74, 6) is -0.485. The Morgan fingerprint density at radius 2 is 2.00 bits per heavy atom. The summed E-state index contributed by atoms with van der Waals surface area (Å²) in [4.78, 5) is 21.9. The monoisotopic (exact) mass is 172 g/mol. The van der Waals surface area contributed by atoms with Crippen molar-refractivity contribution < 1.29 is 14.3 Å². The topological polar surface area (TPSA) is 43.4 Å². The Kier molecular flexibility index (Phi) is 5.34. The van der Waals surface area contributed by atoms with Crippen molar-refractivity contribution in [2.24, 2.45) is 5.92 Å². The Bertz CT molecular complexity index is 163. The summed E-state index contributed by atoms with van der Waals surface area (Å²) in [6, 6.07) is 0. The van der Waals surface area contributed by atoms with Crippen LogP contribution in [-0.4, -0.2) is 18.9 Å². The predicted octanol–water partition coefficient (Wildman–Crippen LogP) is 1.55. The Hall–Kier alpha value is -0.860. The first kappa shape index (κ1) is 11.1. The summed E-state index contributed by atoms with van der Waals surface area (Å²) in [5, 5.41) is 0. The first-order chi connectivity index (χ1) is 5.61. The molecule has 12 heavy (non-hydrogen) atoms. The van der Waals surface area contributed by atoms with E-state index in [9.17, 15) is 9.59 Å². The zero-order valence-corrected chi connectivity index (χ0v) is 7.92. The lowest BCUT2D eigenvalue weighted by Gasteiger charge is -2.06. The van der Waals surface area contributed by atoms with E-state index in [1.165, 1.54) is 7.11 Å². The van der Waals surface area contributed by atoms with Gasteiger partial charge >= 0.3 is 5.97 Å². The van der Waals surface area contributed by atoms with Crippen molar-refractivity contribution in [2.45, 2.75) is 33.1 Å². The molecule has 0 saturated heterocycles. The van der Waals surface area contributed by atoms with E-state index >= 15 is 0 Å². The SMILES string of the molecule is CCCC(C)C(=O)CC(=O)OC. The molecule has 0 aliphatic heterocycles. The molecular formula is C9H16O3. The van der Waals surface area contributed by atoms with Gasteiger partial charge in [0, 0.05) is 5.92 Å². The molecule has 0 heterocycles. The number of hydrogen-bond acceptors (Lipinski definition) is 3. The zero-order valence-electron chi connectivity index (χ0n) is 7.92. The van der Waals surface area contributed by atoms with Crippen molar-refractivity contribution in [3.05, 3.63) is 0 Å². The number of Topliss-reactive ketones (excluding diaryl/α,β-unsaturated/α-hetero) is 1. The zero-order chi connectivity index (χ0) is 9.56. The van der Waals surface area contributed by atoms with Crippen LogP contribution in [0.3, 0.4) is 0 Å². The molecule has 0 bridgehead atoms. The molecule has 0 saturated carbocycles. The fourth-order valence-corrected chi connectivity index (χ4v) is 0.983. The Morgan fingerprint density at radius 3 is 2.42 bits per heavy atom. The molecule has 1 atom stereocenters. The molecular weight excluding hydrogens is 156 g/mol. The van der Waals surface area contributed by atoms with Gasteiger partial charge in [-0.05, 0) is 6.42 Å². The maximum Gasteiger partial charge on any atom is 0.313 e. The van der Waals surface area contributed by atoms with E-state index in [1.807, 2.05) is 13.8 Å². The summed E-state index contributed by atoms with van der Waals surface area (Å²) >= 11 is 0. The number of ketones is 1. The standard InChI is InChI=1S/C9H16O3/c1-4-5-7(2)8(10)6-9(11)12-3/h7H,4-6H2,1-3H3. The minimum atomic E-state index is -0.442. The molecule has 0 aromatic heterocycles. The summed E-state index contributed by atoms with van der Waals surface area (Å²) in [6.45, 7) is 3.86. The van der Waals surface area contributed by atoms with Crippen LogP contribution in [0.5, 0.6) is 0 Å². The van der Waals surface area contributed by atoms with Crippen LogP contribution >= 0.6 is 0 Å². The average Bonchev–Trinajstić information content (AvgIpc) is 2.04. The first-order valence-electron chi connectivity index (χ1n) is 4.21. The Labute approximate surface area is 73.1 Å². The lowest BCUT2D eigenvalue weighted by Crippen LogP contribution is -2.16. The maximum absolute atomic E-state index is 11.2. The molecule has 70 valence electrons. The number of hydrogen-bond donors (Lipinski definition) is 0. The molecule has 0 rings (SSSR count). The fraction of sp³-hybridized carbons (Fsp3) is 0.778. The van der Waals surface area contributed by atoms with Crippen LogP contribution in [0, 0.1) is 5.92 Å². The van der Waals surface area contributed by atoms with Gasteiger partial charge in [-0.1, -0.05) is 20.3 Å². The van der Waals surface area contributed by atoms with Gasteiger partial charge in [0.15, 0.2) is 0 Å². The molecule has 3 nitrogen and oxygen atoms in total. The van der Waals surface area contributed by atoms with Crippen molar-refractivity contribution >= 4 is 11.8 Å². The highest BCUT2D eigenvalue weighted by molar-refractivity contribution is 5.96. The van der Waals surface area contributed by atoms with Gasteiger partial charge in [0.1, 0.15) is 12.2 Å². The van der Waals surface area contributed by atoms with E-state index in [4.69, 9.17) is 0 Å².